The molecule has 2 amide bonds. The lowest BCUT2D eigenvalue weighted by molar-refractivity contribution is -0.116. The van der Waals surface area contributed by atoms with Crippen LogP contribution in [0.3, 0.4) is 0 Å². The smallest absolute Gasteiger partial charge is 0.407 e. The molecular formula is C13H18N2O3S. The average Bonchev–Trinajstić information content (AvgIpc) is 2.71. The molecule has 19 heavy (non-hydrogen) atoms. The molecule has 5 nitrogen and oxygen atoms in total. The second-order valence-corrected chi connectivity index (χ2v) is 6.48. The normalized spacial score (nSPS) is 18.5. The maximum absolute atomic E-state index is 11.6. The Bertz CT molecular complexity index is 490. The summed E-state index contributed by atoms with van der Waals surface area (Å²) in [6, 6.07) is 1.89. The summed E-state index contributed by atoms with van der Waals surface area (Å²) in [7, 11) is 0. The van der Waals surface area contributed by atoms with Crippen LogP contribution in [0.5, 0.6) is 0 Å². The van der Waals surface area contributed by atoms with Gasteiger partial charge >= 0.3 is 6.09 Å². The summed E-state index contributed by atoms with van der Waals surface area (Å²) in [5, 5.41) is 7.49. The highest BCUT2D eigenvalue weighted by Gasteiger charge is 2.27. The van der Waals surface area contributed by atoms with Crippen LogP contribution >= 0.6 is 11.3 Å². The standard InChI is InChI=1S/C13H18N2O3S/c1-13(2,3)18-12(17)14-7-8-6-10(16)15-9-4-5-19-11(8)9/h4-5,8H,6-7H2,1-3H3,(H,14,17)(H,15,16). The van der Waals surface area contributed by atoms with Gasteiger partial charge in [0.15, 0.2) is 0 Å². The maximum Gasteiger partial charge on any atom is 0.407 e. The van der Waals surface area contributed by atoms with Gasteiger partial charge in [-0.1, -0.05) is 0 Å². The van der Waals surface area contributed by atoms with Crippen molar-refractivity contribution >= 4 is 29.0 Å². The average molecular weight is 282 g/mol. The van der Waals surface area contributed by atoms with Crippen molar-refractivity contribution in [2.75, 3.05) is 11.9 Å². The van der Waals surface area contributed by atoms with E-state index in [1.165, 1.54) is 0 Å². The van der Waals surface area contributed by atoms with Gasteiger partial charge in [0.05, 0.1) is 5.69 Å². The van der Waals surface area contributed by atoms with Crippen LogP contribution < -0.4 is 10.6 Å². The molecule has 0 aliphatic carbocycles. The number of alkyl carbamates (subject to hydrolysis) is 1. The zero-order valence-corrected chi connectivity index (χ0v) is 12.1. The molecule has 6 heteroatoms. The molecule has 0 bridgehead atoms. The topological polar surface area (TPSA) is 67.4 Å². The number of fused-ring (bicyclic) bond motifs is 1. The van der Waals surface area contributed by atoms with Crippen molar-refractivity contribution in [3.05, 3.63) is 16.3 Å². The van der Waals surface area contributed by atoms with Gasteiger partial charge in [0.2, 0.25) is 5.91 Å². The monoisotopic (exact) mass is 282 g/mol. The molecule has 2 heterocycles. The van der Waals surface area contributed by atoms with Crippen LogP contribution in [-0.2, 0) is 9.53 Å². The lowest BCUT2D eigenvalue weighted by Crippen LogP contribution is -2.36. The number of hydrogen-bond donors (Lipinski definition) is 2. The first-order valence-electron chi connectivity index (χ1n) is 6.19. The Kier molecular flexibility index (Phi) is 3.80. The van der Waals surface area contributed by atoms with Crippen molar-refractivity contribution < 1.29 is 14.3 Å². The van der Waals surface area contributed by atoms with E-state index in [4.69, 9.17) is 4.74 Å². The minimum absolute atomic E-state index is 0.0121. The van der Waals surface area contributed by atoms with Gasteiger partial charge in [0, 0.05) is 23.8 Å². The largest absolute Gasteiger partial charge is 0.444 e. The molecule has 0 aromatic carbocycles. The number of carbonyl (C=O) groups excluding carboxylic acids is 2. The molecule has 2 rings (SSSR count). The summed E-state index contributed by atoms with van der Waals surface area (Å²) in [6.07, 6.45) is -0.0554. The molecule has 0 radical (unpaired) electrons. The van der Waals surface area contributed by atoms with E-state index in [2.05, 4.69) is 10.6 Å². The molecule has 1 unspecified atom stereocenters. The van der Waals surface area contributed by atoms with Crippen molar-refractivity contribution in [2.24, 2.45) is 0 Å². The van der Waals surface area contributed by atoms with E-state index < -0.39 is 11.7 Å². The molecule has 0 spiro atoms. The highest BCUT2D eigenvalue weighted by atomic mass is 32.1. The SMILES string of the molecule is CC(C)(C)OC(=O)NCC1CC(=O)Nc2ccsc21. The zero-order valence-electron chi connectivity index (χ0n) is 11.3. The summed E-state index contributed by atoms with van der Waals surface area (Å²) in [5.74, 6) is 0.0122. The Morgan fingerprint density at radius 2 is 2.32 bits per heavy atom. The van der Waals surface area contributed by atoms with Gasteiger partial charge in [-0.15, -0.1) is 11.3 Å². The fraction of sp³-hybridized carbons (Fsp3) is 0.538. The van der Waals surface area contributed by atoms with Gasteiger partial charge in [-0.3, -0.25) is 4.79 Å². The van der Waals surface area contributed by atoms with Crippen molar-refractivity contribution in [3.8, 4) is 0 Å². The molecule has 2 N–H and O–H groups in total. The molecule has 1 aromatic heterocycles. The zero-order chi connectivity index (χ0) is 14.0. The molecule has 1 atom stereocenters. The van der Waals surface area contributed by atoms with Crippen molar-refractivity contribution in [1.82, 2.24) is 5.32 Å². The highest BCUT2D eigenvalue weighted by Crippen LogP contribution is 2.36. The molecule has 0 saturated carbocycles. The number of hydrogen-bond acceptors (Lipinski definition) is 4. The number of thiophene rings is 1. The Hall–Kier alpha value is -1.56. The predicted octanol–water partition coefficient (Wildman–Crippen LogP) is 2.70. The first kappa shape index (κ1) is 13.9. The third-order valence-corrected chi connectivity index (χ3v) is 3.74. The van der Waals surface area contributed by atoms with Gasteiger partial charge in [0.25, 0.3) is 0 Å². The van der Waals surface area contributed by atoms with Crippen LogP contribution in [0.4, 0.5) is 10.5 Å². The van der Waals surface area contributed by atoms with Crippen molar-refractivity contribution in [1.29, 1.82) is 0 Å². The molecule has 0 fully saturated rings. The Morgan fingerprint density at radius 3 is 3.00 bits per heavy atom. The van der Waals surface area contributed by atoms with Crippen LogP contribution in [0.25, 0.3) is 0 Å². The number of ether oxygens (including phenoxy) is 1. The van der Waals surface area contributed by atoms with Crippen LogP contribution in [0.2, 0.25) is 0 Å². The summed E-state index contributed by atoms with van der Waals surface area (Å²) in [5.41, 5.74) is 0.347. The van der Waals surface area contributed by atoms with Crippen molar-refractivity contribution in [3.63, 3.8) is 0 Å². The van der Waals surface area contributed by atoms with E-state index in [9.17, 15) is 9.59 Å². The number of rotatable bonds is 2. The van der Waals surface area contributed by atoms with Gasteiger partial charge in [-0.25, -0.2) is 4.79 Å². The fourth-order valence-electron chi connectivity index (χ4n) is 1.94. The Balaban J connectivity index is 1.94. The highest BCUT2D eigenvalue weighted by molar-refractivity contribution is 7.10. The summed E-state index contributed by atoms with van der Waals surface area (Å²) in [4.78, 5) is 24.3. The number of carbonyl (C=O) groups is 2. The molecular weight excluding hydrogens is 264 g/mol. The van der Waals surface area contributed by atoms with Gasteiger partial charge in [-0.05, 0) is 32.2 Å². The molecule has 0 saturated heterocycles. The summed E-state index contributed by atoms with van der Waals surface area (Å²) in [6.45, 7) is 5.86. The van der Waals surface area contributed by atoms with Gasteiger partial charge in [0.1, 0.15) is 5.60 Å². The number of nitrogens with one attached hydrogen (secondary N) is 2. The Morgan fingerprint density at radius 1 is 1.58 bits per heavy atom. The first-order chi connectivity index (χ1) is 8.85. The second-order valence-electron chi connectivity index (χ2n) is 5.53. The van der Waals surface area contributed by atoms with E-state index in [0.717, 1.165) is 10.6 Å². The van der Waals surface area contributed by atoms with Crippen LogP contribution in [-0.4, -0.2) is 24.1 Å². The lowest BCUT2D eigenvalue weighted by atomic mass is 9.98. The predicted molar refractivity (Wildman–Crippen MR) is 74.5 cm³/mol. The lowest BCUT2D eigenvalue weighted by Gasteiger charge is -2.24. The molecule has 104 valence electrons. The van der Waals surface area contributed by atoms with E-state index in [1.807, 2.05) is 32.2 Å². The second kappa shape index (κ2) is 5.21. The van der Waals surface area contributed by atoms with E-state index >= 15 is 0 Å². The fourth-order valence-corrected chi connectivity index (χ4v) is 2.90. The summed E-state index contributed by atoms with van der Waals surface area (Å²) >= 11 is 1.59. The summed E-state index contributed by atoms with van der Waals surface area (Å²) < 4.78 is 5.18. The molecule has 1 aromatic rings. The van der Waals surface area contributed by atoms with Crippen molar-refractivity contribution in [2.45, 2.75) is 38.7 Å². The Labute approximate surface area is 116 Å². The minimum Gasteiger partial charge on any atom is -0.444 e. The van der Waals surface area contributed by atoms with Crippen LogP contribution in [0, 0.1) is 0 Å². The van der Waals surface area contributed by atoms with Crippen LogP contribution in [0.15, 0.2) is 11.4 Å². The third-order valence-electron chi connectivity index (χ3n) is 2.66. The third kappa shape index (κ3) is 3.70. The van der Waals surface area contributed by atoms with Crippen LogP contribution in [0.1, 0.15) is 38.0 Å². The first-order valence-corrected chi connectivity index (χ1v) is 7.07. The quantitative estimate of drug-likeness (QED) is 0.876. The van der Waals surface area contributed by atoms with Gasteiger partial charge in [-0.2, -0.15) is 0 Å². The molecule has 1 aliphatic rings. The van der Waals surface area contributed by atoms with E-state index in [0.29, 0.717) is 13.0 Å². The minimum atomic E-state index is -0.512. The maximum atomic E-state index is 11.6. The number of amides is 2. The van der Waals surface area contributed by atoms with Gasteiger partial charge < -0.3 is 15.4 Å². The van der Waals surface area contributed by atoms with E-state index in [-0.39, 0.29) is 11.8 Å². The van der Waals surface area contributed by atoms with E-state index in [1.54, 1.807) is 11.3 Å². The molecule has 1 aliphatic heterocycles. The number of anilines is 1.